The van der Waals surface area contributed by atoms with Crippen LogP contribution in [-0.4, -0.2) is 46.2 Å². The minimum Gasteiger partial charge on any atom is -0.448 e. The van der Waals surface area contributed by atoms with E-state index in [-0.39, 0.29) is 19.4 Å². The Morgan fingerprint density at radius 3 is 2.48 bits per heavy atom. The monoisotopic (exact) mass is 342 g/mol. The van der Waals surface area contributed by atoms with Gasteiger partial charge in [0.15, 0.2) is 4.93 Å². The van der Waals surface area contributed by atoms with E-state index in [0.717, 1.165) is 5.56 Å². The Morgan fingerprint density at radius 1 is 1.22 bits per heavy atom. The summed E-state index contributed by atoms with van der Waals surface area (Å²) in [5, 5.41) is 19.7. The van der Waals surface area contributed by atoms with Crippen molar-refractivity contribution in [3.8, 4) is 0 Å². The number of aliphatic hydroxyl groups is 2. The van der Waals surface area contributed by atoms with Crippen molar-refractivity contribution in [3.63, 3.8) is 0 Å². The van der Waals surface area contributed by atoms with Crippen molar-refractivity contribution >= 4 is 17.7 Å². The SMILES string of the molecule is CSC(C)(C)OC(=O)C[C@H](O)C[C@H](O)COCc1ccccc1. The van der Waals surface area contributed by atoms with E-state index in [1.165, 1.54) is 11.8 Å². The molecule has 6 heteroatoms. The van der Waals surface area contributed by atoms with Crippen LogP contribution in [0.4, 0.5) is 0 Å². The molecule has 5 nitrogen and oxygen atoms in total. The molecule has 0 saturated carbocycles. The molecular weight excluding hydrogens is 316 g/mol. The second kappa shape index (κ2) is 9.93. The van der Waals surface area contributed by atoms with Crippen molar-refractivity contribution < 1.29 is 24.5 Å². The molecule has 2 atom stereocenters. The molecule has 0 aliphatic carbocycles. The largest absolute Gasteiger partial charge is 0.448 e. The average Bonchev–Trinajstić information content (AvgIpc) is 2.47. The van der Waals surface area contributed by atoms with E-state index in [0.29, 0.717) is 6.61 Å². The van der Waals surface area contributed by atoms with Crippen LogP contribution in [0.25, 0.3) is 0 Å². The topological polar surface area (TPSA) is 76.0 Å². The van der Waals surface area contributed by atoms with Crippen LogP contribution in [-0.2, 0) is 20.9 Å². The average molecular weight is 342 g/mol. The summed E-state index contributed by atoms with van der Waals surface area (Å²) in [7, 11) is 0. The van der Waals surface area contributed by atoms with Crippen molar-refractivity contribution in [3.05, 3.63) is 35.9 Å². The van der Waals surface area contributed by atoms with Crippen molar-refractivity contribution in [1.29, 1.82) is 0 Å². The molecule has 0 heterocycles. The molecule has 1 aromatic rings. The number of aliphatic hydroxyl groups excluding tert-OH is 2. The highest BCUT2D eigenvalue weighted by molar-refractivity contribution is 7.99. The van der Waals surface area contributed by atoms with E-state index in [1.54, 1.807) is 13.8 Å². The molecule has 130 valence electrons. The second-order valence-corrected chi connectivity index (χ2v) is 7.22. The van der Waals surface area contributed by atoms with Crippen LogP contribution in [0.15, 0.2) is 30.3 Å². The lowest BCUT2D eigenvalue weighted by Gasteiger charge is -2.23. The van der Waals surface area contributed by atoms with Gasteiger partial charge in [-0.3, -0.25) is 4.79 Å². The van der Waals surface area contributed by atoms with E-state index in [2.05, 4.69) is 0 Å². The van der Waals surface area contributed by atoms with E-state index in [1.807, 2.05) is 36.6 Å². The minimum absolute atomic E-state index is 0.0730. The molecule has 23 heavy (non-hydrogen) atoms. The first-order chi connectivity index (χ1) is 10.8. The van der Waals surface area contributed by atoms with Gasteiger partial charge in [0.25, 0.3) is 0 Å². The van der Waals surface area contributed by atoms with Crippen LogP contribution >= 0.6 is 11.8 Å². The van der Waals surface area contributed by atoms with E-state index >= 15 is 0 Å². The van der Waals surface area contributed by atoms with E-state index in [9.17, 15) is 15.0 Å². The predicted molar refractivity (Wildman–Crippen MR) is 91.0 cm³/mol. The van der Waals surface area contributed by atoms with Gasteiger partial charge in [-0.2, -0.15) is 0 Å². The van der Waals surface area contributed by atoms with Gasteiger partial charge in [-0.25, -0.2) is 0 Å². The maximum atomic E-state index is 11.7. The second-order valence-electron chi connectivity index (χ2n) is 5.83. The van der Waals surface area contributed by atoms with Crippen LogP contribution in [0, 0.1) is 0 Å². The van der Waals surface area contributed by atoms with Gasteiger partial charge in [0.05, 0.1) is 31.8 Å². The summed E-state index contributed by atoms with van der Waals surface area (Å²) >= 11 is 1.41. The number of esters is 1. The molecule has 0 radical (unpaired) electrons. The molecule has 0 spiro atoms. The number of carbonyl (C=O) groups excluding carboxylic acids is 1. The Morgan fingerprint density at radius 2 is 1.87 bits per heavy atom. The molecule has 0 aliphatic rings. The molecule has 0 amide bonds. The zero-order chi connectivity index (χ0) is 17.3. The van der Waals surface area contributed by atoms with Crippen molar-refractivity contribution in [2.75, 3.05) is 12.9 Å². The van der Waals surface area contributed by atoms with Crippen molar-refractivity contribution in [1.82, 2.24) is 0 Å². The maximum Gasteiger partial charge on any atom is 0.309 e. The number of thioether (sulfide) groups is 1. The molecule has 0 aliphatic heterocycles. The molecule has 0 bridgehead atoms. The number of hydrogen-bond donors (Lipinski definition) is 2. The molecule has 0 unspecified atom stereocenters. The van der Waals surface area contributed by atoms with Crippen molar-refractivity contribution in [2.24, 2.45) is 0 Å². The van der Waals surface area contributed by atoms with Crippen LogP contribution < -0.4 is 0 Å². The third kappa shape index (κ3) is 8.95. The van der Waals surface area contributed by atoms with Crippen LogP contribution in [0.1, 0.15) is 32.3 Å². The fourth-order valence-corrected chi connectivity index (χ4v) is 2.08. The van der Waals surface area contributed by atoms with Gasteiger partial charge in [-0.05, 0) is 25.7 Å². The molecule has 1 rings (SSSR count). The Bertz CT molecular complexity index is 463. The van der Waals surface area contributed by atoms with E-state index < -0.39 is 23.1 Å². The number of carbonyl (C=O) groups is 1. The zero-order valence-corrected chi connectivity index (χ0v) is 14.7. The lowest BCUT2D eigenvalue weighted by molar-refractivity contribution is -0.152. The summed E-state index contributed by atoms with van der Waals surface area (Å²) in [6.45, 7) is 4.08. The summed E-state index contributed by atoms with van der Waals surface area (Å²) in [4.78, 5) is 11.1. The molecule has 2 N–H and O–H groups in total. The number of benzene rings is 1. The maximum absolute atomic E-state index is 11.7. The normalized spacial score (nSPS) is 14.3. The van der Waals surface area contributed by atoms with Gasteiger partial charge in [-0.15, -0.1) is 11.8 Å². The highest BCUT2D eigenvalue weighted by atomic mass is 32.2. The lowest BCUT2D eigenvalue weighted by atomic mass is 10.1. The van der Waals surface area contributed by atoms with Gasteiger partial charge in [-0.1, -0.05) is 30.3 Å². The molecule has 0 fully saturated rings. The van der Waals surface area contributed by atoms with Crippen molar-refractivity contribution in [2.45, 2.75) is 50.4 Å². The number of rotatable bonds is 10. The highest BCUT2D eigenvalue weighted by Gasteiger charge is 2.24. The fourth-order valence-electron chi connectivity index (χ4n) is 1.90. The van der Waals surface area contributed by atoms with E-state index in [4.69, 9.17) is 9.47 Å². The quantitative estimate of drug-likeness (QED) is 0.502. The minimum atomic E-state index is -0.949. The molecular formula is C17H26O5S. The Hall–Kier alpha value is -1.08. The highest BCUT2D eigenvalue weighted by Crippen LogP contribution is 2.23. The lowest BCUT2D eigenvalue weighted by Crippen LogP contribution is -2.29. The third-order valence-corrected chi connectivity index (χ3v) is 4.29. The summed E-state index contributed by atoms with van der Waals surface area (Å²) in [6.07, 6.45) is 0.00600. The summed E-state index contributed by atoms with van der Waals surface area (Å²) < 4.78 is 10.6. The van der Waals surface area contributed by atoms with Crippen LogP contribution in [0.2, 0.25) is 0 Å². The zero-order valence-electron chi connectivity index (χ0n) is 13.9. The smallest absolute Gasteiger partial charge is 0.309 e. The first-order valence-electron chi connectivity index (χ1n) is 7.57. The first-order valence-corrected chi connectivity index (χ1v) is 8.79. The number of ether oxygens (including phenoxy) is 2. The summed E-state index contributed by atoms with van der Waals surface area (Å²) in [5.41, 5.74) is 1.02. The standard InChI is InChI=1S/C17H26O5S/c1-17(2,23-3)22-16(20)10-14(18)9-15(19)12-21-11-13-7-5-4-6-8-13/h4-8,14-15,18-19H,9-12H2,1-3H3/t14-,15+/m1/s1. The van der Waals surface area contributed by atoms with Gasteiger partial charge in [0.2, 0.25) is 0 Å². The van der Waals surface area contributed by atoms with Crippen LogP contribution in [0.5, 0.6) is 0 Å². The summed E-state index contributed by atoms with van der Waals surface area (Å²) in [5.74, 6) is -0.478. The predicted octanol–water partition coefficient (Wildman–Crippen LogP) is 2.35. The third-order valence-electron chi connectivity index (χ3n) is 3.22. The molecule has 0 saturated heterocycles. The number of hydrogen-bond acceptors (Lipinski definition) is 6. The Balaban J connectivity index is 2.22. The molecule has 0 aromatic heterocycles. The van der Waals surface area contributed by atoms with Gasteiger partial charge in [0.1, 0.15) is 0 Å². The van der Waals surface area contributed by atoms with Gasteiger partial charge in [0, 0.05) is 6.42 Å². The fraction of sp³-hybridized carbons (Fsp3) is 0.588. The Kier molecular flexibility index (Phi) is 8.62. The van der Waals surface area contributed by atoms with Crippen LogP contribution in [0.3, 0.4) is 0 Å². The Labute approximate surface area is 142 Å². The summed E-state index contributed by atoms with van der Waals surface area (Å²) in [6, 6.07) is 9.63. The van der Waals surface area contributed by atoms with Gasteiger partial charge >= 0.3 is 5.97 Å². The van der Waals surface area contributed by atoms with Gasteiger partial charge < -0.3 is 19.7 Å². The first kappa shape index (κ1) is 20.0. The molecule has 1 aromatic carbocycles.